The van der Waals surface area contributed by atoms with Gasteiger partial charge in [0.05, 0.1) is 18.0 Å². The topological polar surface area (TPSA) is 36.3 Å². The van der Waals surface area contributed by atoms with E-state index in [0.29, 0.717) is 22.8 Å². The number of aromatic nitrogens is 2. The number of nitrogens with zero attached hydrogens (tertiary/aromatic N) is 2. The van der Waals surface area contributed by atoms with Gasteiger partial charge in [-0.05, 0) is 73.9 Å². The van der Waals surface area contributed by atoms with Gasteiger partial charge in [0, 0.05) is 27.2 Å². The van der Waals surface area contributed by atoms with Gasteiger partial charge < -0.3 is 9.47 Å². The fourth-order valence-electron chi connectivity index (χ4n) is 4.74. The van der Waals surface area contributed by atoms with Gasteiger partial charge in [0.2, 0.25) is 5.95 Å². The number of aryl methyl sites for hydroxylation is 1. The molecule has 1 aliphatic heterocycles. The van der Waals surface area contributed by atoms with Crippen LogP contribution in [0, 0.1) is 5.95 Å². The van der Waals surface area contributed by atoms with Crippen molar-refractivity contribution >= 4 is 44.0 Å². The van der Waals surface area contributed by atoms with Crippen LogP contribution in [0.4, 0.5) is 4.39 Å². The Labute approximate surface area is 194 Å². The molecule has 0 N–H and O–H groups in total. The van der Waals surface area contributed by atoms with Crippen molar-refractivity contribution in [3.8, 4) is 5.75 Å². The molecule has 0 saturated carbocycles. The molecule has 0 radical (unpaired) electrons. The molecule has 0 amide bonds. The van der Waals surface area contributed by atoms with Crippen LogP contribution in [0.2, 0.25) is 5.02 Å². The summed E-state index contributed by atoms with van der Waals surface area (Å²) in [7, 11) is 1.64. The number of methoxy groups -OCH3 is 1. The summed E-state index contributed by atoms with van der Waals surface area (Å²) in [6, 6.07) is 9.68. The third-order valence-electron chi connectivity index (χ3n) is 6.16. The normalized spacial score (nSPS) is 19.4. The van der Waals surface area contributed by atoms with Crippen LogP contribution >= 0.6 is 27.5 Å². The van der Waals surface area contributed by atoms with Gasteiger partial charge in [0.15, 0.2) is 6.23 Å². The maximum Gasteiger partial charge on any atom is 0.240 e. The minimum atomic E-state index is -0.429. The molecule has 1 atom stereocenters. The van der Waals surface area contributed by atoms with Gasteiger partial charge in [-0.15, -0.1) is 5.10 Å². The Hall–Kier alpha value is -1.89. The molecule has 1 aliphatic carbocycles. The number of hydrogen-bond donors (Lipinski definition) is 0. The van der Waals surface area contributed by atoms with Crippen molar-refractivity contribution in [2.45, 2.75) is 44.8 Å². The quantitative estimate of drug-likeness (QED) is 0.383. The SMILES string of the molecule is COc1cc(Cl)ccc1C1=C(Br)CCCc2c1ccc1c2c(F)nn1C1CCCCO1. The lowest BCUT2D eigenvalue weighted by atomic mass is 9.91. The standard InChI is InChI=1S/C24H23BrClFN2O2/c1-30-20-13-14(26)8-9-17(20)22-16-10-11-19-23(15(16)5-4-6-18(22)25)24(27)28-29(19)21-7-2-3-12-31-21/h8-11,13,21H,2-7,12H2,1H3. The maximum absolute atomic E-state index is 15.2. The Morgan fingerprint density at radius 2 is 2.00 bits per heavy atom. The molecule has 4 nitrogen and oxygen atoms in total. The zero-order valence-corrected chi connectivity index (χ0v) is 19.6. The maximum atomic E-state index is 15.2. The molecule has 1 aromatic heterocycles. The third-order valence-corrected chi connectivity index (χ3v) is 7.19. The molecule has 2 aliphatic rings. The zero-order chi connectivity index (χ0) is 21.5. The van der Waals surface area contributed by atoms with Gasteiger partial charge in [-0.1, -0.05) is 33.6 Å². The van der Waals surface area contributed by atoms with E-state index in [2.05, 4.69) is 27.1 Å². The van der Waals surface area contributed by atoms with Crippen LogP contribution in [0.15, 0.2) is 34.8 Å². The molecule has 2 aromatic carbocycles. The van der Waals surface area contributed by atoms with Crippen molar-refractivity contribution in [2.75, 3.05) is 13.7 Å². The van der Waals surface area contributed by atoms with Crippen LogP contribution in [0.3, 0.4) is 0 Å². The van der Waals surface area contributed by atoms with Crippen LogP contribution in [0.25, 0.3) is 16.5 Å². The van der Waals surface area contributed by atoms with Crippen molar-refractivity contribution in [3.63, 3.8) is 0 Å². The summed E-state index contributed by atoms with van der Waals surface area (Å²) in [5.41, 5.74) is 4.73. The lowest BCUT2D eigenvalue weighted by Crippen LogP contribution is -2.19. The van der Waals surface area contributed by atoms with Crippen LogP contribution in [-0.2, 0) is 11.2 Å². The molecule has 0 bridgehead atoms. The lowest BCUT2D eigenvalue weighted by Gasteiger charge is -2.23. The number of halogens is 3. The zero-order valence-electron chi connectivity index (χ0n) is 17.3. The summed E-state index contributed by atoms with van der Waals surface area (Å²) in [6.45, 7) is 0.689. The van der Waals surface area contributed by atoms with Crippen LogP contribution in [-0.4, -0.2) is 23.5 Å². The Kier molecular flexibility index (Phi) is 5.80. The van der Waals surface area contributed by atoms with E-state index in [1.807, 2.05) is 24.3 Å². The monoisotopic (exact) mass is 504 g/mol. The van der Waals surface area contributed by atoms with E-state index in [4.69, 9.17) is 21.1 Å². The minimum absolute atomic E-state index is 0.206. The third kappa shape index (κ3) is 3.69. The largest absolute Gasteiger partial charge is 0.496 e. The van der Waals surface area contributed by atoms with E-state index in [1.54, 1.807) is 11.8 Å². The average Bonchev–Trinajstić information content (AvgIpc) is 3.03. The van der Waals surface area contributed by atoms with Gasteiger partial charge in [-0.25, -0.2) is 4.68 Å². The van der Waals surface area contributed by atoms with Crippen molar-refractivity contribution < 1.29 is 13.9 Å². The second kappa shape index (κ2) is 8.57. The highest BCUT2D eigenvalue weighted by Gasteiger charge is 2.27. The molecule has 1 unspecified atom stereocenters. The highest BCUT2D eigenvalue weighted by molar-refractivity contribution is 9.11. The molecule has 31 heavy (non-hydrogen) atoms. The van der Waals surface area contributed by atoms with E-state index in [1.165, 1.54) is 0 Å². The Bertz CT molecular complexity index is 1180. The molecular weight excluding hydrogens is 483 g/mol. The van der Waals surface area contributed by atoms with Crippen LogP contribution in [0.5, 0.6) is 5.75 Å². The average molecular weight is 506 g/mol. The molecule has 0 spiro atoms. The van der Waals surface area contributed by atoms with Crippen molar-refractivity contribution in [2.24, 2.45) is 0 Å². The fraction of sp³-hybridized carbons (Fsp3) is 0.375. The van der Waals surface area contributed by atoms with E-state index in [9.17, 15) is 0 Å². The second-order valence-electron chi connectivity index (χ2n) is 8.02. The summed E-state index contributed by atoms with van der Waals surface area (Å²) >= 11 is 10.00. The van der Waals surface area contributed by atoms with Gasteiger partial charge in [0.25, 0.3) is 0 Å². The predicted molar refractivity (Wildman–Crippen MR) is 124 cm³/mol. The summed E-state index contributed by atoms with van der Waals surface area (Å²) in [5.74, 6) is 0.264. The summed E-state index contributed by atoms with van der Waals surface area (Å²) < 4.78 is 29.6. The molecular formula is C24H23BrClFN2O2. The molecule has 1 fully saturated rings. The molecule has 3 aromatic rings. The summed E-state index contributed by atoms with van der Waals surface area (Å²) in [5, 5.41) is 5.48. The molecule has 2 heterocycles. The number of rotatable bonds is 3. The van der Waals surface area contributed by atoms with Crippen LogP contribution < -0.4 is 4.74 Å². The van der Waals surface area contributed by atoms with E-state index in [0.717, 1.165) is 70.8 Å². The van der Waals surface area contributed by atoms with Crippen LogP contribution in [0.1, 0.15) is 55.0 Å². The van der Waals surface area contributed by atoms with Gasteiger partial charge in [-0.2, -0.15) is 4.39 Å². The van der Waals surface area contributed by atoms with Crippen molar-refractivity contribution in [3.05, 3.63) is 62.5 Å². The molecule has 7 heteroatoms. The number of fused-ring (bicyclic) bond motifs is 3. The highest BCUT2D eigenvalue weighted by atomic mass is 79.9. The first-order valence-electron chi connectivity index (χ1n) is 10.6. The minimum Gasteiger partial charge on any atom is -0.496 e. The Balaban J connectivity index is 1.72. The number of allylic oxidation sites excluding steroid dienone is 1. The van der Waals surface area contributed by atoms with Gasteiger partial charge in [0.1, 0.15) is 5.75 Å². The smallest absolute Gasteiger partial charge is 0.240 e. The number of hydrogen-bond acceptors (Lipinski definition) is 3. The molecule has 1 saturated heterocycles. The molecule has 162 valence electrons. The first kappa shape index (κ1) is 21.0. The van der Waals surface area contributed by atoms with E-state index < -0.39 is 5.95 Å². The fourth-order valence-corrected chi connectivity index (χ4v) is 5.61. The second-order valence-corrected chi connectivity index (χ2v) is 9.41. The lowest BCUT2D eigenvalue weighted by molar-refractivity contribution is -0.0375. The number of ether oxygens (including phenoxy) is 2. The Morgan fingerprint density at radius 3 is 2.77 bits per heavy atom. The van der Waals surface area contributed by atoms with Gasteiger partial charge in [-0.3, -0.25) is 0 Å². The van der Waals surface area contributed by atoms with E-state index >= 15 is 4.39 Å². The first-order chi connectivity index (χ1) is 15.1. The summed E-state index contributed by atoms with van der Waals surface area (Å²) in [6.07, 6.45) is 5.30. The highest BCUT2D eigenvalue weighted by Crippen LogP contribution is 2.44. The van der Waals surface area contributed by atoms with Crippen molar-refractivity contribution in [1.29, 1.82) is 0 Å². The number of benzene rings is 2. The first-order valence-corrected chi connectivity index (χ1v) is 11.8. The predicted octanol–water partition coefficient (Wildman–Crippen LogP) is 7.03. The van der Waals surface area contributed by atoms with Crippen molar-refractivity contribution in [1.82, 2.24) is 9.78 Å². The van der Waals surface area contributed by atoms with E-state index in [-0.39, 0.29) is 6.23 Å². The Morgan fingerprint density at radius 1 is 1.16 bits per heavy atom. The van der Waals surface area contributed by atoms with Gasteiger partial charge >= 0.3 is 0 Å². The summed E-state index contributed by atoms with van der Waals surface area (Å²) in [4.78, 5) is 0. The molecule has 5 rings (SSSR count).